The molecular formula is C17H17NO4S. The van der Waals surface area contributed by atoms with E-state index in [1.807, 2.05) is 24.3 Å². The third-order valence-corrected chi connectivity index (χ3v) is 4.74. The van der Waals surface area contributed by atoms with Gasteiger partial charge in [-0.3, -0.25) is 4.79 Å². The number of aliphatic hydroxyl groups is 1. The molecule has 0 saturated carbocycles. The van der Waals surface area contributed by atoms with Gasteiger partial charge in [0.15, 0.2) is 0 Å². The number of fused-ring (bicyclic) bond motifs is 1. The van der Waals surface area contributed by atoms with Gasteiger partial charge in [0.05, 0.1) is 20.3 Å². The summed E-state index contributed by atoms with van der Waals surface area (Å²) in [7, 11) is 3.17. The molecule has 2 aromatic carbocycles. The van der Waals surface area contributed by atoms with Crippen molar-refractivity contribution < 1.29 is 19.4 Å². The van der Waals surface area contributed by atoms with E-state index in [2.05, 4.69) is 5.32 Å². The van der Waals surface area contributed by atoms with E-state index < -0.39 is 12.1 Å². The van der Waals surface area contributed by atoms with E-state index in [1.165, 1.54) is 0 Å². The highest BCUT2D eigenvalue weighted by molar-refractivity contribution is 8.14. The van der Waals surface area contributed by atoms with Crippen LogP contribution in [0.5, 0.6) is 11.5 Å². The molecule has 0 aromatic heterocycles. The van der Waals surface area contributed by atoms with E-state index in [-0.39, 0.29) is 5.12 Å². The molecule has 1 heterocycles. The van der Waals surface area contributed by atoms with Gasteiger partial charge in [-0.1, -0.05) is 12.1 Å². The van der Waals surface area contributed by atoms with Crippen molar-refractivity contribution in [3.05, 3.63) is 48.0 Å². The molecule has 0 bridgehead atoms. The summed E-state index contributed by atoms with van der Waals surface area (Å²) in [5.41, 5.74) is 1.61. The molecule has 0 amide bonds. The SMILES string of the molecule is COc1ccc([C@H]2Nc3ccc(OC)cc3SC(=O)[C@H]2O)cc1. The Morgan fingerprint density at radius 2 is 1.70 bits per heavy atom. The van der Waals surface area contributed by atoms with Crippen molar-refractivity contribution in [2.45, 2.75) is 17.0 Å². The average molecular weight is 331 g/mol. The molecule has 1 aliphatic rings. The Hall–Kier alpha value is -2.18. The van der Waals surface area contributed by atoms with Gasteiger partial charge in [0.25, 0.3) is 0 Å². The first-order valence-electron chi connectivity index (χ1n) is 7.10. The van der Waals surface area contributed by atoms with Gasteiger partial charge in [-0.05, 0) is 47.7 Å². The zero-order valence-electron chi connectivity index (χ0n) is 12.8. The lowest BCUT2D eigenvalue weighted by molar-refractivity contribution is -0.118. The van der Waals surface area contributed by atoms with Crippen molar-refractivity contribution in [2.75, 3.05) is 19.5 Å². The van der Waals surface area contributed by atoms with Crippen LogP contribution in [0.2, 0.25) is 0 Å². The molecule has 6 heteroatoms. The normalized spacial score (nSPS) is 20.2. The lowest BCUT2D eigenvalue weighted by Gasteiger charge is -2.22. The Labute approximate surface area is 138 Å². The van der Waals surface area contributed by atoms with Gasteiger partial charge in [-0.2, -0.15) is 0 Å². The summed E-state index contributed by atoms with van der Waals surface area (Å²) < 4.78 is 10.3. The number of methoxy groups -OCH3 is 2. The predicted octanol–water partition coefficient (Wildman–Crippen LogP) is 2.85. The molecule has 0 aliphatic carbocycles. The summed E-state index contributed by atoms with van der Waals surface area (Å²) in [6.45, 7) is 0. The molecular weight excluding hydrogens is 314 g/mol. The molecule has 0 radical (unpaired) electrons. The van der Waals surface area contributed by atoms with E-state index in [1.54, 1.807) is 32.4 Å². The molecule has 120 valence electrons. The fourth-order valence-corrected chi connectivity index (χ4v) is 3.35. The molecule has 2 atom stereocenters. The number of anilines is 1. The minimum Gasteiger partial charge on any atom is -0.497 e. The lowest BCUT2D eigenvalue weighted by atomic mass is 10.0. The maximum Gasteiger partial charge on any atom is 0.224 e. The smallest absolute Gasteiger partial charge is 0.224 e. The monoisotopic (exact) mass is 331 g/mol. The van der Waals surface area contributed by atoms with Gasteiger partial charge >= 0.3 is 0 Å². The van der Waals surface area contributed by atoms with Crippen molar-refractivity contribution >= 4 is 22.6 Å². The molecule has 0 fully saturated rings. The topological polar surface area (TPSA) is 67.8 Å². The number of benzene rings is 2. The number of carbonyl (C=O) groups is 1. The van der Waals surface area contributed by atoms with Crippen molar-refractivity contribution in [1.82, 2.24) is 0 Å². The Kier molecular flexibility index (Phi) is 4.45. The van der Waals surface area contributed by atoms with E-state index >= 15 is 0 Å². The maximum absolute atomic E-state index is 12.3. The second-order valence-corrected chi connectivity index (χ2v) is 6.17. The zero-order valence-corrected chi connectivity index (χ0v) is 13.6. The highest BCUT2D eigenvalue weighted by Gasteiger charge is 2.32. The van der Waals surface area contributed by atoms with E-state index in [0.29, 0.717) is 5.75 Å². The number of nitrogens with one attached hydrogen (secondary N) is 1. The van der Waals surface area contributed by atoms with Gasteiger partial charge in [0.1, 0.15) is 17.6 Å². The third-order valence-electron chi connectivity index (χ3n) is 3.74. The lowest BCUT2D eigenvalue weighted by Crippen LogP contribution is -2.29. The second-order valence-electron chi connectivity index (χ2n) is 5.12. The molecule has 0 spiro atoms. The van der Waals surface area contributed by atoms with Gasteiger partial charge in [-0.25, -0.2) is 0 Å². The van der Waals surface area contributed by atoms with Crippen LogP contribution < -0.4 is 14.8 Å². The largest absolute Gasteiger partial charge is 0.497 e. The number of thioether (sulfide) groups is 1. The van der Waals surface area contributed by atoms with Crippen molar-refractivity contribution in [1.29, 1.82) is 0 Å². The van der Waals surface area contributed by atoms with Crippen molar-refractivity contribution in [2.24, 2.45) is 0 Å². The average Bonchev–Trinajstić information content (AvgIpc) is 2.71. The summed E-state index contributed by atoms with van der Waals surface area (Å²) >= 11 is 1.02. The van der Waals surface area contributed by atoms with Crippen LogP contribution in [-0.4, -0.2) is 30.5 Å². The summed E-state index contributed by atoms with van der Waals surface area (Å²) in [5.74, 6) is 1.39. The van der Waals surface area contributed by atoms with Crippen LogP contribution in [-0.2, 0) is 4.79 Å². The Bertz CT molecular complexity index is 717. The Morgan fingerprint density at radius 1 is 1.04 bits per heavy atom. The molecule has 2 aromatic rings. The molecule has 0 saturated heterocycles. The first kappa shape index (κ1) is 15.7. The quantitative estimate of drug-likeness (QED) is 0.901. The summed E-state index contributed by atoms with van der Waals surface area (Å²) in [6.07, 6.45) is -1.15. The van der Waals surface area contributed by atoms with Gasteiger partial charge in [0.2, 0.25) is 5.12 Å². The number of hydrogen-bond donors (Lipinski definition) is 2. The Morgan fingerprint density at radius 3 is 2.35 bits per heavy atom. The van der Waals surface area contributed by atoms with Gasteiger partial charge < -0.3 is 19.9 Å². The summed E-state index contributed by atoms with van der Waals surface area (Å²) in [5, 5.41) is 13.4. The summed E-state index contributed by atoms with van der Waals surface area (Å²) in [6, 6.07) is 12.2. The number of hydrogen-bond acceptors (Lipinski definition) is 6. The molecule has 2 N–H and O–H groups in total. The molecule has 0 unspecified atom stereocenters. The van der Waals surface area contributed by atoms with Crippen LogP contribution >= 0.6 is 11.8 Å². The minimum atomic E-state index is -1.15. The third kappa shape index (κ3) is 3.13. The molecule has 3 rings (SSSR count). The van der Waals surface area contributed by atoms with E-state index in [9.17, 15) is 9.90 Å². The maximum atomic E-state index is 12.3. The summed E-state index contributed by atoms with van der Waals surface area (Å²) in [4.78, 5) is 13.0. The fourth-order valence-electron chi connectivity index (χ4n) is 2.46. The van der Waals surface area contributed by atoms with Crippen molar-refractivity contribution in [3.8, 4) is 11.5 Å². The number of rotatable bonds is 3. The highest BCUT2D eigenvalue weighted by atomic mass is 32.2. The first-order chi connectivity index (χ1) is 11.1. The van der Waals surface area contributed by atoms with Gasteiger partial charge in [-0.15, -0.1) is 0 Å². The predicted molar refractivity (Wildman–Crippen MR) is 89.2 cm³/mol. The fraction of sp³-hybridized carbons (Fsp3) is 0.235. The minimum absolute atomic E-state index is 0.301. The molecule has 23 heavy (non-hydrogen) atoms. The standard InChI is InChI=1S/C17H17NO4S/c1-21-11-5-3-10(4-6-11)15-16(19)17(20)23-14-9-12(22-2)7-8-13(14)18-15/h3-9,15-16,18-19H,1-2H3/t15-,16+/m1/s1. The van der Waals surface area contributed by atoms with Crippen molar-refractivity contribution in [3.63, 3.8) is 0 Å². The van der Waals surface area contributed by atoms with E-state index in [4.69, 9.17) is 9.47 Å². The van der Waals surface area contributed by atoms with Crippen LogP contribution in [0.1, 0.15) is 11.6 Å². The number of ether oxygens (including phenoxy) is 2. The first-order valence-corrected chi connectivity index (χ1v) is 7.92. The number of aliphatic hydroxyl groups excluding tert-OH is 1. The Balaban J connectivity index is 1.97. The van der Waals surface area contributed by atoms with Crippen LogP contribution in [0, 0.1) is 0 Å². The zero-order chi connectivity index (χ0) is 16.4. The number of carbonyl (C=O) groups excluding carboxylic acids is 1. The molecule has 1 aliphatic heterocycles. The van der Waals surface area contributed by atoms with Crippen LogP contribution in [0.15, 0.2) is 47.4 Å². The second kappa shape index (κ2) is 6.52. The van der Waals surface area contributed by atoms with E-state index in [0.717, 1.165) is 33.7 Å². The molecule has 5 nitrogen and oxygen atoms in total. The van der Waals surface area contributed by atoms with Crippen LogP contribution in [0.4, 0.5) is 5.69 Å². The highest BCUT2D eigenvalue weighted by Crippen LogP contribution is 2.39. The van der Waals surface area contributed by atoms with Crippen LogP contribution in [0.25, 0.3) is 0 Å². The van der Waals surface area contributed by atoms with Crippen LogP contribution in [0.3, 0.4) is 0 Å². The van der Waals surface area contributed by atoms with Gasteiger partial charge in [0, 0.05) is 10.6 Å².